The number of anilines is 2. The first-order chi connectivity index (χ1) is 16.5. The predicted molar refractivity (Wildman–Crippen MR) is 130 cm³/mol. The van der Waals surface area contributed by atoms with Crippen LogP contribution in [0.25, 0.3) is 22.5 Å². The Bertz CT molecular complexity index is 1400. The normalized spacial score (nSPS) is 14.4. The van der Waals surface area contributed by atoms with Crippen LogP contribution in [-0.4, -0.2) is 21.8 Å². The fraction of sp³-hybridized carbons (Fsp3) is 0.111. The Morgan fingerprint density at radius 3 is 2.59 bits per heavy atom. The first-order valence-electron chi connectivity index (χ1n) is 10.9. The van der Waals surface area contributed by atoms with Crippen molar-refractivity contribution in [3.63, 3.8) is 0 Å². The van der Waals surface area contributed by atoms with Crippen LogP contribution >= 0.6 is 0 Å². The molecule has 7 nitrogen and oxygen atoms in total. The molecular formula is C27H22N4O3. The van der Waals surface area contributed by atoms with Crippen molar-refractivity contribution in [2.45, 2.75) is 19.4 Å². The Kier molecular flexibility index (Phi) is 5.51. The van der Waals surface area contributed by atoms with Gasteiger partial charge in [0.25, 0.3) is 0 Å². The van der Waals surface area contributed by atoms with Crippen molar-refractivity contribution in [1.82, 2.24) is 9.97 Å². The van der Waals surface area contributed by atoms with Crippen LogP contribution < -0.4 is 11.1 Å². The van der Waals surface area contributed by atoms with Gasteiger partial charge in [-0.15, -0.1) is 0 Å². The average molecular weight is 450 g/mol. The minimum Gasteiger partial charge on any atom is -0.453 e. The third-order valence-corrected chi connectivity index (χ3v) is 5.66. The molecule has 0 radical (unpaired) electrons. The number of benzene rings is 3. The molecule has 0 saturated carbocycles. The minimum absolute atomic E-state index is 0.0126. The Labute approximate surface area is 196 Å². The number of aromatic nitrogens is 2. The lowest BCUT2D eigenvalue weighted by Gasteiger charge is -2.13. The van der Waals surface area contributed by atoms with Gasteiger partial charge in [-0.1, -0.05) is 54.1 Å². The molecule has 0 saturated heterocycles. The van der Waals surface area contributed by atoms with Gasteiger partial charge in [-0.2, -0.15) is 0 Å². The number of carbonyl (C=O) groups excluding carboxylic acids is 2. The Morgan fingerprint density at radius 1 is 1.00 bits per heavy atom. The maximum Gasteiger partial charge on any atom is 0.339 e. The zero-order valence-electron chi connectivity index (χ0n) is 18.5. The van der Waals surface area contributed by atoms with Crippen molar-refractivity contribution in [1.29, 1.82) is 0 Å². The van der Waals surface area contributed by atoms with Crippen molar-refractivity contribution >= 4 is 23.4 Å². The number of rotatable bonds is 5. The molecule has 4 aromatic rings. The van der Waals surface area contributed by atoms with Crippen molar-refractivity contribution < 1.29 is 14.3 Å². The van der Waals surface area contributed by atoms with Gasteiger partial charge in [0.05, 0.1) is 29.6 Å². The second-order valence-electron chi connectivity index (χ2n) is 8.18. The highest BCUT2D eigenvalue weighted by atomic mass is 16.5. The maximum atomic E-state index is 12.8. The summed E-state index contributed by atoms with van der Waals surface area (Å²) in [7, 11) is 0. The molecule has 1 aliphatic rings. The Balaban J connectivity index is 1.43. The topological polar surface area (TPSA) is 107 Å². The van der Waals surface area contributed by atoms with Gasteiger partial charge in [0.15, 0.2) is 5.82 Å². The summed E-state index contributed by atoms with van der Waals surface area (Å²) in [5, 5.41) is 2.80. The van der Waals surface area contributed by atoms with E-state index in [1.807, 2.05) is 49.4 Å². The second-order valence-corrected chi connectivity index (χ2v) is 8.18. The lowest BCUT2D eigenvalue weighted by Crippen LogP contribution is -2.17. The largest absolute Gasteiger partial charge is 0.453 e. The second kappa shape index (κ2) is 8.78. The van der Waals surface area contributed by atoms with E-state index in [-0.39, 0.29) is 12.3 Å². The van der Waals surface area contributed by atoms with Crippen molar-refractivity contribution in [2.75, 3.05) is 11.1 Å². The fourth-order valence-electron chi connectivity index (χ4n) is 4.03. The molecular weight excluding hydrogens is 428 g/mol. The summed E-state index contributed by atoms with van der Waals surface area (Å²) < 4.78 is 5.38. The van der Waals surface area contributed by atoms with Gasteiger partial charge < -0.3 is 15.8 Å². The zero-order chi connectivity index (χ0) is 23.7. The van der Waals surface area contributed by atoms with E-state index < -0.39 is 12.1 Å². The van der Waals surface area contributed by atoms with Crippen LogP contribution in [0.4, 0.5) is 11.5 Å². The molecule has 1 atom stereocenters. The lowest BCUT2D eigenvalue weighted by atomic mass is 10.0. The third-order valence-electron chi connectivity index (χ3n) is 5.66. The van der Waals surface area contributed by atoms with Crippen molar-refractivity contribution in [2.24, 2.45) is 0 Å². The monoisotopic (exact) mass is 450 g/mol. The molecule has 5 rings (SSSR count). The van der Waals surface area contributed by atoms with Crippen molar-refractivity contribution in [3.05, 3.63) is 95.7 Å². The molecule has 0 spiro atoms. The highest BCUT2D eigenvalue weighted by molar-refractivity contribution is 5.96. The summed E-state index contributed by atoms with van der Waals surface area (Å²) in [6.45, 7) is 2.02. The highest BCUT2D eigenvalue weighted by Gasteiger charge is 2.32. The first-order valence-corrected chi connectivity index (χ1v) is 10.9. The molecule has 3 aromatic carbocycles. The number of esters is 1. The van der Waals surface area contributed by atoms with Gasteiger partial charge in [0.1, 0.15) is 6.10 Å². The molecule has 0 fully saturated rings. The van der Waals surface area contributed by atoms with Crippen molar-refractivity contribution in [3.8, 4) is 22.5 Å². The number of ether oxygens (including phenoxy) is 1. The van der Waals surface area contributed by atoms with Crippen LogP contribution in [-0.2, 0) is 9.53 Å². The van der Waals surface area contributed by atoms with Gasteiger partial charge in [-0.25, -0.2) is 9.78 Å². The molecule has 1 aromatic heterocycles. The third kappa shape index (κ3) is 4.23. The van der Waals surface area contributed by atoms with Gasteiger partial charge in [-0.3, -0.25) is 9.78 Å². The number of nitrogens with one attached hydrogen (secondary N) is 1. The van der Waals surface area contributed by atoms with Gasteiger partial charge in [-0.05, 0) is 31.2 Å². The van der Waals surface area contributed by atoms with Crippen LogP contribution in [0.1, 0.15) is 34.0 Å². The average Bonchev–Trinajstić information content (AvgIpc) is 3.14. The number of aryl methyl sites for hydroxylation is 1. The molecule has 1 amide bonds. The van der Waals surface area contributed by atoms with E-state index in [2.05, 4.69) is 10.3 Å². The summed E-state index contributed by atoms with van der Waals surface area (Å²) >= 11 is 0. The van der Waals surface area contributed by atoms with E-state index in [1.54, 1.807) is 30.3 Å². The van der Waals surface area contributed by atoms with Crippen LogP contribution in [0.15, 0.2) is 79.0 Å². The molecule has 34 heavy (non-hydrogen) atoms. The smallest absolute Gasteiger partial charge is 0.339 e. The molecule has 0 bridgehead atoms. The van der Waals surface area contributed by atoms with Gasteiger partial charge in [0, 0.05) is 22.4 Å². The van der Waals surface area contributed by atoms with Crippen LogP contribution in [0.5, 0.6) is 0 Å². The molecule has 3 N–H and O–H groups in total. The Morgan fingerprint density at radius 2 is 1.79 bits per heavy atom. The van der Waals surface area contributed by atoms with Gasteiger partial charge in [0.2, 0.25) is 5.91 Å². The number of nitrogens with two attached hydrogens (primary N) is 1. The SMILES string of the molecule is Cc1cccc(-c2ncc(NC(=O)CC3OC(=O)c4ccccc43)nc2-c2ccc(N)cc2)c1. The zero-order valence-corrected chi connectivity index (χ0v) is 18.5. The number of cyclic esters (lactones) is 1. The molecule has 1 aliphatic heterocycles. The summed E-state index contributed by atoms with van der Waals surface area (Å²) in [6.07, 6.45) is 0.895. The summed E-state index contributed by atoms with van der Waals surface area (Å²) in [4.78, 5) is 34.2. The van der Waals surface area contributed by atoms with E-state index in [1.165, 1.54) is 6.20 Å². The van der Waals surface area contributed by atoms with Crippen LogP contribution in [0, 0.1) is 6.92 Å². The number of nitrogen functional groups attached to an aromatic ring is 1. The van der Waals surface area contributed by atoms with E-state index >= 15 is 0 Å². The lowest BCUT2D eigenvalue weighted by molar-refractivity contribution is -0.118. The predicted octanol–water partition coefficient (Wildman–Crippen LogP) is 4.94. The molecule has 7 heteroatoms. The highest BCUT2D eigenvalue weighted by Crippen LogP contribution is 2.34. The standard InChI is InChI=1S/C27H22N4O3/c1-16-5-4-6-18(13-16)25-26(17-9-11-19(28)12-10-17)31-23(15-29-25)30-24(32)14-22-20-7-2-3-8-21(20)27(33)34-22/h2-13,15,22H,14,28H2,1H3,(H,30,31,32). The number of hydrogen-bond acceptors (Lipinski definition) is 6. The molecule has 0 aliphatic carbocycles. The summed E-state index contributed by atoms with van der Waals surface area (Å²) in [5.41, 5.74) is 11.9. The Hall–Kier alpha value is -4.52. The van der Waals surface area contributed by atoms with Crippen LogP contribution in [0.2, 0.25) is 0 Å². The number of fused-ring (bicyclic) bond motifs is 1. The van der Waals surface area contributed by atoms with E-state index in [9.17, 15) is 9.59 Å². The molecule has 168 valence electrons. The summed E-state index contributed by atoms with van der Waals surface area (Å²) in [5.74, 6) is -0.428. The van der Waals surface area contributed by atoms with Crippen LogP contribution in [0.3, 0.4) is 0 Å². The van der Waals surface area contributed by atoms with Gasteiger partial charge >= 0.3 is 5.97 Å². The molecule has 2 heterocycles. The number of hydrogen-bond donors (Lipinski definition) is 2. The first kappa shape index (κ1) is 21.3. The number of nitrogens with zero attached hydrogens (tertiary/aromatic N) is 2. The fourth-order valence-corrected chi connectivity index (χ4v) is 4.03. The quantitative estimate of drug-likeness (QED) is 0.329. The van der Waals surface area contributed by atoms with E-state index in [0.717, 1.165) is 16.7 Å². The van der Waals surface area contributed by atoms with E-state index in [0.29, 0.717) is 34.0 Å². The number of amides is 1. The maximum absolute atomic E-state index is 12.8. The minimum atomic E-state index is -0.625. The van der Waals surface area contributed by atoms with E-state index in [4.69, 9.17) is 15.5 Å². The summed E-state index contributed by atoms with van der Waals surface area (Å²) in [6, 6.07) is 22.4. The molecule has 1 unspecified atom stereocenters. The number of carbonyl (C=O) groups is 2.